The molecule has 5 aromatic carbocycles. The molecular formula is C48H47NS. The van der Waals surface area contributed by atoms with Gasteiger partial charge in [-0.2, -0.15) is 0 Å². The van der Waals surface area contributed by atoms with Gasteiger partial charge in [-0.3, -0.25) is 0 Å². The largest absolute Gasteiger partial charge is 0.310 e. The van der Waals surface area contributed by atoms with Crippen LogP contribution in [-0.4, -0.2) is 0 Å². The molecule has 5 aliphatic carbocycles. The Morgan fingerprint density at radius 1 is 0.580 bits per heavy atom. The molecule has 0 aromatic heterocycles. The number of fused-ring (bicyclic) bond motifs is 8. The number of hydrogen-bond acceptors (Lipinski definition) is 2. The van der Waals surface area contributed by atoms with Crippen molar-refractivity contribution in [2.75, 3.05) is 4.90 Å². The molecule has 0 N–H and O–H groups in total. The fourth-order valence-corrected chi connectivity index (χ4v) is 14.2. The lowest BCUT2D eigenvalue weighted by atomic mass is 9.26. The highest BCUT2D eigenvalue weighted by Gasteiger charge is 2.84. The van der Waals surface area contributed by atoms with Crippen molar-refractivity contribution >= 4 is 28.8 Å². The zero-order valence-electron chi connectivity index (χ0n) is 29.9. The molecule has 2 heteroatoms. The molecule has 50 heavy (non-hydrogen) atoms. The smallest absolute Gasteiger partial charge is 0.0465 e. The normalized spacial score (nSPS) is 31.1. The first-order chi connectivity index (χ1) is 24.2. The molecule has 1 aliphatic heterocycles. The molecule has 1 heterocycles. The van der Waals surface area contributed by atoms with Gasteiger partial charge in [-0.05, 0) is 160 Å². The highest BCUT2D eigenvalue weighted by Crippen LogP contribution is 2.89. The minimum atomic E-state index is 0.158. The SMILES string of the molecule is CC1(C)CCC(C)(C)c2c(-c3ccc(N(c4ccccc4)c4ccc5c(c4)C4(c6ccccc6S5)C5CC6CC7CC4C75C6)cc3)cccc21. The average Bonchev–Trinajstić information content (AvgIpc) is 3.66. The van der Waals surface area contributed by atoms with Gasteiger partial charge in [-0.15, -0.1) is 0 Å². The van der Waals surface area contributed by atoms with Crippen molar-refractivity contribution in [2.45, 2.75) is 92.3 Å². The van der Waals surface area contributed by atoms with Crippen LogP contribution in [0.5, 0.6) is 0 Å². The first kappa shape index (κ1) is 29.9. The zero-order chi connectivity index (χ0) is 33.6. The van der Waals surface area contributed by atoms with E-state index in [-0.39, 0.29) is 16.2 Å². The van der Waals surface area contributed by atoms with Crippen molar-refractivity contribution in [1.82, 2.24) is 0 Å². The predicted molar refractivity (Wildman–Crippen MR) is 208 cm³/mol. The first-order valence-electron chi connectivity index (χ1n) is 19.2. The van der Waals surface area contributed by atoms with Crippen molar-refractivity contribution in [1.29, 1.82) is 0 Å². The van der Waals surface area contributed by atoms with Gasteiger partial charge in [-0.1, -0.05) is 106 Å². The Bertz CT molecular complexity index is 2200. The summed E-state index contributed by atoms with van der Waals surface area (Å²) in [6, 6.07) is 44.5. The Labute approximate surface area is 302 Å². The molecule has 4 saturated carbocycles. The summed E-state index contributed by atoms with van der Waals surface area (Å²) in [6.07, 6.45) is 8.31. The van der Waals surface area contributed by atoms with Gasteiger partial charge in [-0.25, -0.2) is 0 Å². The van der Waals surface area contributed by atoms with Gasteiger partial charge in [0.15, 0.2) is 0 Å². The molecule has 6 atom stereocenters. The van der Waals surface area contributed by atoms with Crippen LogP contribution < -0.4 is 4.90 Å². The summed E-state index contributed by atoms with van der Waals surface area (Å²) >= 11 is 2.01. The summed E-state index contributed by atoms with van der Waals surface area (Å²) in [7, 11) is 0. The van der Waals surface area contributed by atoms with E-state index in [0.717, 1.165) is 23.7 Å². The van der Waals surface area contributed by atoms with Crippen LogP contribution in [0.25, 0.3) is 11.1 Å². The number of para-hydroxylation sites is 1. The second-order valence-corrected chi connectivity index (χ2v) is 19.1. The van der Waals surface area contributed by atoms with E-state index >= 15 is 0 Å². The molecule has 2 bridgehead atoms. The van der Waals surface area contributed by atoms with Crippen molar-refractivity contribution in [2.24, 2.45) is 29.1 Å². The third kappa shape index (κ3) is 3.67. The fraction of sp³-hybridized carbons (Fsp3) is 0.375. The van der Waals surface area contributed by atoms with E-state index in [0.29, 0.717) is 5.41 Å². The van der Waals surface area contributed by atoms with Crippen LogP contribution in [0.3, 0.4) is 0 Å². The van der Waals surface area contributed by atoms with Crippen LogP contribution in [-0.2, 0) is 16.2 Å². The topological polar surface area (TPSA) is 3.24 Å². The Kier molecular flexibility index (Phi) is 5.97. The highest BCUT2D eigenvalue weighted by atomic mass is 32.2. The van der Waals surface area contributed by atoms with Crippen molar-refractivity contribution in [3.63, 3.8) is 0 Å². The lowest BCUT2D eigenvalue weighted by Crippen LogP contribution is -2.74. The van der Waals surface area contributed by atoms with Crippen molar-refractivity contribution < 1.29 is 0 Å². The maximum absolute atomic E-state index is 2.63. The lowest BCUT2D eigenvalue weighted by Gasteiger charge is -2.78. The number of rotatable bonds is 4. The van der Waals surface area contributed by atoms with E-state index in [9.17, 15) is 0 Å². The van der Waals surface area contributed by atoms with Gasteiger partial charge in [0, 0.05) is 32.3 Å². The molecular weight excluding hydrogens is 623 g/mol. The maximum Gasteiger partial charge on any atom is 0.0465 e. The maximum atomic E-state index is 2.63. The standard InChI is InChI=1S/C48H47NS/c1-45(2)23-24-46(3,4)44-36(13-10-15-38(44)45)31-17-19-34(20-18-31)49(33-11-6-5-7-12-33)35-21-22-41-39(28-35)48(37-14-8-9-16-40(37)50-41)42-26-30-25-32-27-43(48)47(32,42)29-30/h5-22,28,30,32,42-43H,23-27,29H2,1-4H3. The van der Waals surface area contributed by atoms with Gasteiger partial charge in [0.25, 0.3) is 0 Å². The van der Waals surface area contributed by atoms with Gasteiger partial charge in [0.05, 0.1) is 0 Å². The molecule has 6 aliphatic rings. The number of nitrogens with zero attached hydrogens (tertiary/aromatic N) is 1. The average molecular weight is 670 g/mol. The molecule has 0 amide bonds. The third-order valence-corrected chi connectivity index (χ3v) is 16.2. The molecule has 5 aromatic rings. The van der Waals surface area contributed by atoms with E-state index in [1.165, 1.54) is 82.1 Å². The summed E-state index contributed by atoms with van der Waals surface area (Å²) in [4.78, 5) is 5.49. The van der Waals surface area contributed by atoms with Gasteiger partial charge < -0.3 is 4.90 Å². The second kappa shape index (κ2) is 9.97. The molecule has 1 nitrogen and oxygen atoms in total. The van der Waals surface area contributed by atoms with Gasteiger partial charge >= 0.3 is 0 Å². The first-order valence-corrected chi connectivity index (χ1v) is 20.0. The minimum Gasteiger partial charge on any atom is -0.310 e. The van der Waals surface area contributed by atoms with Gasteiger partial charge in [0.1, 0.15) is 0 Å². The Hall–Kier alpha value is -3.75. The monoisotopic (exact) mass is 669 g/mol. The Balaban J connectivity index is 1.04. The predicted octanol–water partition coefficient (Wildman–Crippen LogP) is 13.0. The highest BCUT2D eigenvalue weighted by molar-refractivity contribution is 7.99. The summed E-state index contributed by atoms with van der Waals surface area (Å²) in [5.74, 6) is 3.53. The third-order valence-electron chi connectivity index (χ3n) is 15.0. The van der Waals surface area contributed by atoms with Crippen molar-refractivity contribution in [3.05, 3.63) is 138 Å². The van der Waals surface area contributed by atoms with Crippen LogP contribution >= 0.6 is 11.8 Å². The van der Waals surface area contributed by atoms with E-state index in [1.807, 2.05) is 11.8 Å². The molecule has 4 fully saturated rings. The molecule has 11 rings (SSSR count). The van der Waals surface area contributed by atoms with E-state index < -0.39 is 0 Å². The lowest BCUT2D eigenvalue weighted by molar-refractivity contribution is -0.235. The van der Waals surface area contributed by atoms with Crippen LogP contribution in [0.2, 0.25) is 0 Å². The summed E-state index contributed by atoms with van der Waals surface area (Å²) in [5, 5.41) is 0. The minimum absolute atomic E-state index is 0.158. The second-order valence-electron chi connectivity index (χ2n) is 18.1. The quantitative estimate of drug-likeness (QED) is 0.187. The summed E-state index contributed by atoms with van der Waals surface area (Å²) in [5.41, 5.74) is 13.9. The molecule has 0 saturated heterocycles. The van der Waals surface area contributed by atoms with Crippen LogP contribution in [0.1, 0.15) is 88.5 Å². The molecule has 6 unspecified atom stereocenters. The Morgan fingerprint density at radius 2 is 1.26 bits per heavy atom. The van der Waals surface area contributed by atoms with Crippen LogP contribution in [0.4, 0.5) is 17.1 Å². The number of hydrogen-bond donors (Lipinski definition) is 0. The summed E-state index contributed by atoms with van der Waals surface area (Å²) < 4.78 is 0. The van der Waals surface area contributed by atoms with E-state index in [2.05, 4.69) is 148 Å². The summed E-state index contributed by atoms with van der Waals surface area (Å²) in [6.45, 7) is 9.74. The van der Waals surface area contributed by atoms with Crippen LogP contribution in [0, 0.1) is 29.1 Å². The molecule has 0 radical (unpaired) electrons. The fourth-order valence-electron chi connectivity index (χ4n) is 13.0. The zero-order valence-corrected chi connectivity index (χ0v) is 30.7. The van der Waals surface area contributed by atoms with Crippen LogP contribution in [0.15, 0.2) is 125 Å². The van der Waals surface area contributed by atoms with Crippen molar-refractivity contribution in [3.8, 4) is 11.1 Å². The molecule has 250 valence electrons. The van der Waals surface area contributed by atoms with E-state index in [1.54, 1.807) is 16.7 Å². The number of anilines is 3. The molecule has 2 spiro atoms. The Morgan fingerprint density at radius 3 is 2.08 bits per heavy atom. The number of benzene rings is 5. The van der Waals surface area contributed by atoms with Gasteiger partial charge in [0.2, 0.25) is 0 Å². The van der Waals surface area contributed by atoms with E-state index in [4.69, 9.17) is 0 Å².